The molecule has 2 aromatic carbocycles. The van der Waals surface area contributed by atoms with Crippen molar-refractivity contribution in [1.82, 2.24) is 9.97 Å². The summed E-state index contributed by atoms with van der Waals surface area (Å²) in [5.74, 6) is 1.22. The van der Waals surface area contributed by atoms with E-state index in [1.54, 1.807) is 0 Å². The van der Waals surface area contributed by atoms with Crippen LogP contribution in [0.15, 0.2) is 41.4 Å². The monoisotopic (exact) mass is 335 g/mol. The van der Waals surface area contributed by atoms with Gasteiger partial charge in [0, 0.05) is 5.69 Å². The Morgan fingerprint density at radius 3 is 2.44 bits per heavy atom. The van der Waals surface area contributed by atoms with Crippen LogP contribution in [0, 0.1) is 6.92 Å². The van der Waals surface area contributed by atoms with Gasteiger partial charge in [-0.3, -0.25) is 0 Å². The Labute approximate surface area is 148 Å². The second-order valence-electron chi connectivity index (χ2n) is 6.14. The Kier molecular flexibility index (Phi) is 5.03. The molecule has 3 aromatic rings. The summed E-state index contributed by atoms with van der Waals surface area (Å²) in [6.07, 6.45) is 1.90. The summed E-state index contributed by atoms with van der Waals surface area (Å²) in [4.78, 5) is 12.4. The van der Waals surface area contributed by atoms with E-state index in [-0.39, 0.29) is 0 Å². The van der Waals surface area contributed by atoms with E-state index in [2.05, 4.69) is 65.3 Å². The summed E-state index contributed by atoms with van der Waals surface area (Å²) in [6.45, 7) is 6.76. The summed E-state index contributed by atoms with van der Waals surface area (Å²) < 4.78 is 0. The highest BCUT2D eigenvalue weighted by molar-refractivity contribution is 5.93. The zero-order valence-electron chi connectivity index (χ0n) is 15.1. The van der Waals surface area contributed by atoms with Gasteiger partial charge in [-0.05, 0) is 42.5 Å². The van der Waals surface area contributed by atoms with Gasteiger partial charge in [-0.25, -0.2) is 9.98 Å². The molecule has 0 spiro atoms. The van der Waals surface area contributed by atoms with Gasteiger partial charge in [-0.15, -0.1) is 0 Å². The van der Waals surface area contributed by atoms with Crippen molar-refractivity contribution in [2.75, 3.05) is 5.32 Å². The molecule has 3 rings (SSSR count). The largest absolute Gasteiger partial charge is 0.370 e. The predicted molar refractivity (Wildman–Crippen MR) is 105 cm³/mol. The van der Waals surface area contributed by atoms with Gasteiger partial charge in [-0.1, -0.05) is 44.2 Å². The molecule has 0 unspecified atom stereocenters. The number of aromatic amines is 1. The number of aromatic nitrogens is 2. The van der Waals surface area contributed by atoms with Gasteiger partial charge in [-0.2, -0.15) is 0 Å². The highest BCUT2D eigenvalue weighted by atomic mass is 15.1. The second-order valence-corrected chi connectivity index (χ2v) is 6.14. The molecule has 4 N–H and O–H groups in total. The predicted octanol–water partition coefficient (Wildman–Crippen LogP) is 3.92. The van der Waals surface area contributed by atoms with Crippen molar-refractivity contribution >= 4 is 22.7 Å². The number of nitrogens with two attached hydrogens (primary N) is 1. The van der Waals surface area contributed by atoms with E-state index in [0.717, 1.165) is 41.0 Å². The molecule has 0 aliphatic heterocycles. The van der Waals surface area contributed by atoms with Crippen molar-refractivity contribution in [2.24, 2.45) is 10.7 Å². The van der Waals surface area contributed by atoms with E-state index in [4.69, 9.17) is 5.73 Å². The molecule has 1 aromatic heterocycles. The fraction of sp³-hybridized carbons (Fsp3) is 0.300. The molecular weight excluding hydrogens is 310 g/mol. The van der Waals surface area contributed by atoms with Crippen LogP contribution in [0.3, 0.4) is 0 Å². The first-order chi connectivity index (χ1) is 12.1. The van der Waals surface area contributed by atoms with Crippen molar-refractivity contribution in [2.45, 2.75) is 40.2 Å². The normalized spacial score (nSPS) is 11.9. The topological polar surface area (TPSA) is 79.1 Å². The van der Waals surface area contributed by atoms with Gasteiger partial charge in [0.05, 0.1) is 11.0 Å². The average Bonchev–Trinajstić information content (AvgIpc) is 3.05. The number of rotatable bonds is 5. The Bertz CT molecular complexity index is 885. The third-order valence-corrected chi connectivity index (χ3v) is 4.41. The zero-order chi connectivity index (χ0) is 17.8. The van der Waals surface area contributed by atoms with Crippen LogP contribution in [-0.2, 0) is 19.4 Å². The highest BCUT2D eigenvalue weighted by Gasteiger charge is 2.08. The first-order valence-corrected chi connectivity index (χ1v) is 8.74. The summed E-state index contributed by atoms with van der Waals surface area (Å²) in [5.41, 5.74) is 12.9. The van der Waals surface area contributed by atoms with E-state index in [0.29, 0.717) is 12.5 Å². The van der Waals surface area contributed by atoms with Crippen LogP contribution in [0.1, 0.15) is 36.4 Å². The minimum Gasteiger partial charge on any atom is -0.370 e. The van der Waals surface area contributed by atoms with Crippen molar-refractivity contribution < 1.29 is 0 Å². The molecule has 25 heavy (non-hydrogen) atoms. The van der Waals surface area contributed by atoms with Gasteiger partial charge in [0.1, 0.15) is 12.4 Å². The third-order valence-electron chi connectivity index (χ3n) is 4.41. The van der Waals surface area contributed by atoms with Crippen molar-refractivity contribution in [3.05, 3.63) is 58.9 Å². The molecule has 0 aliphatic carbocycles. The van der Waals surface area contributed by atoms with E-state index < -0.39 is 0 Å². The molecule has 130 valence electrons. The molecule has 0 saturated carbocycles. The molecule has 0 radical (unpaired) electrons. The van der Waals surface area contributed by atoms with Crippen molar-refractivity contribution in [1.29, 1.82) is 0 Å². The van der Waals surface area contributed by atoms with Gasteiger partial charge in [0.2, 0.25) is 0 Å². The summed E-state index contributed by atoms with van der Waals surface area (Å²) in [5, 5.41) is 3.28. The van der Waals surface area contributed by atoms with E-state index >= 15 is 0 Å². The number of fused-ring (bicyclic) bond motifs is 1. The summed E-state index contributed by atoms with van der Waals surface area (Å²) in [6, 6.07) is 12.4. The fourth-order valence-corrected chi connectivity index (χ4v) is 3.03. The first-order valence-electron chi connectivity index (χ1n) is 8.74. The van der Waals surface area contributed by atoms with Crippen molar-refractivity contribution in [3.63, 3.8) is 0 Å². The third kappa shape index (κ3) is 3.65. The van der Waals surface area contributed by atoms with Crippen LogP contribution in [0.5, 0.6) is 0 Å². The maximum absolute atomic E-state index is 6.12. The molecule has 0 atom stereocenters. The molecule has 5 heteroatoms. The number of imidazole rings is 1. The number of hydrogen-bond acceptors (Lipinski definition) is 2. The fourth-order valence-electron chi connectivity index (χ4n) is 3.03. The summed E-state index contributed by atoms with van der Waals surface area (Å²) in [7, 11) is 0. The lowest BCUT2D eigenvalue weighted by molar-refractivity contribution is 0.953. The van der Waals surface area contributed by atoms with Gasteiger partial charge >= 0.3 is 0 Å². The maximum Gasteiger partial charge on any atom is 0.193 e. The van der Waals surface area contributed by atoms with Gasteiger partial charge < -0.3 is 16.0 Å². The lowest BCUT2D eigenvalue weighted by atomic mass is 10.0. The molecule has 1 heterocycles. The number of nitrogens with zero attached hydrogens (tertiary/aromatic N) is 2. The minimum absolute atomic E-state index is 0.410. The number of aryl methyl sites for hydroxylation is 3. The zero-order valence-corrected chi connectivity index (χ0v) is 15.1. The Balaban J connectivity index is 1.79. The highest BCUT2D eigenvalue weighted by Crippen LogP contribution is 2.22. The molecule has 5 nitrogen and oxygen atoms in total. The van der Waals surface area contributed by atoms with Gasteiger partial charge in [0.15, 0.2) is 5.96 Å². The van der Waals surface area contributed by atoms with Crippen LogP contribution < -0.4 is 11.1 Å². The number of nitrogens with one attached hydrogen (secondary N) is 2. The van der Waals surface area contributed by atoms with E-state index in [1.165, 1.54) is 11.1 Å². The number of anilines is 1. The van der Waals surface area contributed by atoms with E-state index in [1.807, 2.05) is 12.1 Å². The number of para-hydroxylation sites is 2. The molecule has 0 aliphatic rings. The van der Waals surface area contributed by atoms with Crippen LogP contribution in [-0.4, -0.2) is 15.9 Å². The van der Waals surface area contributed by atoms with Crippen LogP contribution in [0.4, 0.5) is 5.69 Å². The SMILES string of the molecule is CCc1cccc(CC)c1NC(N)=NCc1nc2c(C)cccc2[nH]1. The van der Waals surface area contributed by atoms with E-state index in [9.17, 15) is 0 Å². The number of guanidine groups is 1. The summed E-state index contributed by atoms with van der Waals surface area (Å²) >= 11 is 0. The van der Waals surface area contributed by atoms with Crippen molar-refractivity contribution in [3.8, 4) is 0 Å². The first kappa shape index (κ1) is 17.0. The van der Waals surface area contributed by atoms with Crippen LogP contribution >= 0.6 is 0 Å². The number of hydrogen-bond donors (Lipinski definition) is 3. The number of benzene rings is 2. The second kappa shape index (κ2) is 7.38. The van der Waals surface area contributed by atoms with Crippen LogP contribution in [0.2, 0.25) is 0 Å². The Morgan fingerprint density at radius 2 is 1.80 bits per heavy atom. The van der Waals surface area contributed by atoms with Gasteiger partial charge in [0.25, 0.3) is 0 Å². The molecular formula is C20H25N5. The lowest BCUT2D eigenvalue weighted by Gasteiger charge is -2.14. The smallest absolute Gasteiger partial charge is 0.193 e. The number of H-pyrrole nitrogens is 1. The average molecular weight is 335 g/mol. The standard InChI is InChI=1S/C20H25N5/c1-4-14-9-7-10-15(5-2)19(14)25-20(21)22-12-17-23-16-11-6-8-13(3)18(16)24-17/h6-11H,4-5,12H2,1-3H3,(H,23,24)(H3,21,22,25). The minimum atomic E-state index is 0.410. The lowest BCUT2D eigenvalue weighted by Crippen LogP contribution is -2.24. The molecule has 0 bridgehead atoms. The Morgan fingerprint density at radius 1 is 1.12 bits per heavy atom. The Hall–Kier alpha value is -2.82. The quantitative estimate of drug-likeness (QED) is 0.488. The maximum atomic E-state index is 6.12. The molecule has 0 fully saturated rings. The molecule has 0 saturated heterocycles. The van der Waals surface area contributed by atoms with Crippen LogP contribution in [0.25, 0.3) is 11.0 Å². The molecule has 0 amide bonds. The number of aliphatic imine (C=N–C) groups is 1.